The van der Waals surface area contributed by atoms with Crippen molar-refractivity contribution in [2.75, 3.05) is 59.5 Å². The van der Waals surface area contributed by atoms with Crippen LogP contribution in [0.4, 0.5) is 0 Å². The number of rotatable bonds is 4. The van der Waals surface area contributed by atoms with Gasteiger partial charge in [0.1, 0.15) is 6.10 Å². The van der Waals surface area contributed by atoms with Crippen LogP contribution in [0.25, 0.3) is 0 Å². The summed E-state index contributed by atoms with van der Waals surface area (Å²) < 4.78 is 11.9. The summed E-state index contributed by atoms with van der Waals surface area (Å²) in [5, 5.41) is 3.44. The molecule has 2 saturated heterocycles. The first-order valence-corrected chi connectivity index (χ1v) is 9.68. The van der Waals surface area contributed by atoms with Crippen molar-refractivity contribution in [3.63, 3.8) is 0 Å². The summed E-state index contributed by atoms with van der Waals surface area (Å²) in [4.78, 5) is 9.49. The summed E-state index contributed by atoms with van der Waals surface area (Å²) in [5.41, 5.74) is 2.55. The number of nitrogens with one attached hydrogen (secondary N) is 1. The zero-order valence-electron chi connectivity index (χ0n) is 16.7. The Bertz CT molecular complexity index is 613. The molecule has 1 aromatic rings. The molecule has 2 fully saturated rings. The molecule has 0 radical (unpaired) electrons. The first kappa shape index (κ1) is 22.4. The summed E-state index contributed by atoms with van der Waals surface area (Å²) in [6.07, 6.45) is 0.265. The first-order valence-electron chi connectivity index (χ1n) is 9.68. The van der Waals surface area contributed by atoms with E-state index in [1.807, 2.05) is 0 Å². The van der Waals surface area contributed by atoms with Gasteiger partial charge in [-0.3, -0.25) is 4.99 Å². The molecule has 0 aliphatic carbocycles. The Kier molecular flexibility index (Phi) is 9.28. The van der Waals surface area contributed by atoms with Crippen molar-refractivity contribution in [3.8, 4) is 0 Å². The second kappa shape index (κ2) is 11.2. The summed E-state index contributed by atoms with van der Waals surface area (Å²) in [5.74, 6) is 0.964. The van der Waals surface area contributed by atoms with Gasteiger partial charge in [-0.1, -0.05) is 24.3 Å². The normalized spacial score (nSPS) is 24.4. The fourth-order valence-corrected chi connectivity index (χ4v) is 3.57. The molecule has 7 heteroatoms. The monoisotopic (exact) mass is 488 g/mol. The van der Waals surface area contributed by atoms with E-state index in [4.69, 9.17) is 14.5 Å². The highest BCUT2D eigenvalue weighted by molar-refractivity contribution is 14.0. The fourth-order valence-electron chi connectivity index (χ4n) is 3.57. The minimum absolute atomic E-state index is 0. The number of ether oxygens (including phenoxy) is 2. The maximum atomic E-state index is 6.06. The molecule has 3 rings (SSSR count). The molecule has 0 bridgehead atoms. The highest BCUT2D eigenvalue weighted by atomic mass is 127. The molecule has 2 atom stereocenters. The van der Waals surface area contributed by atoms with Gasteiger partial charge in [-0.15, -0.1) is 24.0 Å². The number of guanidine groups is 1. The molecule has 1 aromatic carbocycles. The molecule has 0 amide bonds. The molecule has 152 valence electrons. The van der Waals surface area contributed by atoms with Gasteiger partial charge in [-0.05, 0) is 32.0 Å². The van der Waals surface area contributed by atoms with E-state index in [0.29, 0.717) is 13.2 Å². The summed E-state index contributed by atoms with van der Waals surface area (Å²) >= 11 is 0. The van der Waals surface area contributed by atoms with Crippen LogP contribution in [-0.2, 0) is 9.47 Å². The number of morpholine rings is 2. The van der Waals surface area contributed by atoms with E-state index in [2.05, 4.69) is 60.3 Å². The molecule has 0 spiro atoms. The van der Waals surface area contributed by atoms with Crippen molar-refractivity contribution >= 4 is 29.9 Å². The lowest BCUT2D eigenvalue weighted by molar-refractivity contribution is -0.0153. The van der Waals surface area contributed by atoms with Crippen LogP contribution in [0.3, 0.4) is 0 Å². The molecule has 0 saturated carbocycles. The molecule has 1 N–H and O–H groups in total. The number of hydrogen-bond donors (Lipinski definition) is 1. The number of halogens is 1. The van der Waals surface area contributed by atoms with Crippen molar-refractivity contribution in [3.05, 3.63) is 35.4 Å². The Morgan fingerprint density at radius 2 is 1.96 bits per heavy atom. The zero-order chi connectivity index (χ0) is 18.4. The van der Waals surface area contributed by atoms with Gasteiger partial charge in [0.25, 0.3) is 0 Å². The number of benzene rings is 1. The number of aryl methyl sites for hydroxylation is 1. The number of nitrogens with zero attached hydrogens (tertiary/aromatic N) is 3. The lowest BCUT2D eigenvalue weighted by atomic mass is 10.0. The van der Waals surface area contributed by atoms with E-state index in [1.165, 1.54) is 11.1 Å². The third kappa shape index (κ3) is 6.30. The maximum absolute atomic E-state index is 6.06. The average molecular weight is 488 g/mol. The predicted molar refractivity (Wildman–Crippen MR) is 120 cm³/mol. The van der Waals surface area contributed by atoms with E-state index in [1.54, 1.807) is 0 Å². The number of hydrogen-bond acceptors (Lipinski definition) is 4. The highest BCUT2D eigenvalue weighted by Gasteiger charge is 2.25. The van der Waals surface area contributed by atoms with Crippen LogP contribution >= 0.6 is 24.0 Å². The second-order valence-electron chi connectivity index (χ2n) is 7.11. The van der Waals surface area contributed by atoms with Crippen molar-refractivity contribution in [1.82, 2.24) is 15.1 Å². The molecule has 2 unspecified atom stereocenters. The molecular formula is C20H33IN4O2. The lowest BCUT2D eigenvalue weighted by Crippen LogP contribution is -2.49. The fraction of sp³-hybridized carbons (Fsp3) is 0.650. The van der Waals surface area contributed by atoms with Crippen LogP contribution in [0.5, 0.6) is 0 Å². The Labute approximate surface area is 180 Å². The average Bonchev–Trinajstić information content (AvgIpc) is 2.66. The molecule has 27 heavy (non-hydrogen) atoms. The molecular weight excluding hydrogens is 455 g/mol. The van der Waals surface area contributed by atoms with Crippen molar-refractivity contribution in [2.24, 2.45) is 4.99 Å². The molecule has 0 aromatic heterocycles. The van der Waals surface area contributed by atoms with Crippen LogP contribution in [0, 0.1) is 6.92 Å². The standard InChI is InChI=1S/C20H32N4O2.HI/c1-4-21-20(22-13-17-14-23(3)9-11-25-17)24-10-12-26-19(15-24)18-8-6-5-7-16(18)2;/h5-8,17,19H,4,9-15H2,1-3H3,(H,21,22);1H. The maximum Gasteiger partial charge on any atom is 0.194 e. The Morgan fingerprint density at radius 1 is 1.19 bits per heavy atom. The van der Waals surface area contributed by atoms with Crippen LogP contribution in [0.15, 0.2) is 29.3 Å². The van der Waals surface area contributed by atoms with Crippen LogP contribution in [0.2, 0.25) is 0 Å². The van der Waals surface area contributed by atoms with Gasteiger partial charge in [0.05, 0.1) is 32.4 Å². The number of aliphatic imine (C=N–C) groups is 1. The van der Waals surface area contributed by atoms with Gasteiger partial charge < -0.3 is 24.6 Å². The third-order valence-electron chi connectivity index (χ3n) is 5.02. The van der Waals surface area contributed by atoms with E-state index in [-0.39, 0.29) is 36.2 Å². The van der Waals surface area contributed by atoms with Gasteiger partial charge in [0.15, 0.2) is 5.96 Å². The van der Waals surface area contributed by atoms with Crippen LogP contribution in [0.1, 0.15) is 24.2 Å². The molecule has 2 heterocycles. The molecule has 2 aliphatic heterocycles. The van der Waals surface area contributed by atoms with Gasteiger partial charge in [-0.25, -0.2) is 0 Å². The lowest BCUT2D eigenvalue weighted by Gasteiger charge is -2.36. The largest absolute Gasteiger partial charge is 0.374 e. The minimum Gasteiger partial charge on any atom is -0.374 e. The van der Waals surface area contributed by atoms with E-state index in [9.17, 15) is 0 Å². The van der Waals surface area contributed by atoms with Gasteiger partial charge in [-0.2, -0.15) is 0 Å². The van der Waals surface area contributed by atoms with Crippen LogP contribution in [-0.4, -0.2) is 81.4 Å². The number of likely N-dealkylation sites (N-methyl/N-ethyl adjacent to an activating group) is 1. The topological polar surface area (TPSA) is 49.3 Å². The first-order chi connectivity index (χ1) is 12.7. The van der Waals surface area contributed by atoms with Gasteiger partial charge in [0.2, 0.25) is 0 Å². The van der Waals surface area contributed by atoms with Crippen molar-refractivity contribution < 1.29 is 9.47 Å². The minimum atomic E-state index is 0. The van der Waals surface area contributed by atoms with E-state index in [0.717, 1.165) is 45.3 Å². The summed E-state index contributed by atoms with van der Waals surface area (Å²) in [7, 11) is 2.14. The van der Waals surface area contributed by atoms with Crippen molar-refractivity contribution in [2.45, 2.75) is 26.1 Å². The Balaban J connectivity index is 0.00000261. The van der Waals surface area contributed by atoms with Gasteiger partial charge >= 0.3 is 0 Å². The third-order valence-corrected chi connectivity index (χ3v) is 5.02. The quantitative estimate of drug-likeness (QED) is 0.401. The smallest absolute Gasteiger partial charge is 0.194 e. The predicted octanol–water partition coefficient (Wildman–Crippen LogP) is 2.28. The summed E-state index contributed by atoms with van der Waals surface area (Å²) in [6.45, 7) is 10.9. The van der Waals surface area contributed by atoms with Gasteiger partial charge in [0, 0.05) is 26.2 Å². The SMILES string of the molecule is CCNC(=NCC1CN(C)CCO1)N1CCOC(c2ccccc2C)C1.I. The second-order valence-corrected chi connectivity index (χ2v) is 7.11. The molecule has 6 nitrogen and oxygen atoms in total. The van der Waals surface area contributed by atoms with Crippen LogP contribution < -0.4 is 5.32 Å². The molecule has 2 aliphatic rings. The highest BCUT2D eigenvalue weighted by Crippen LogP contribution is 2.25. The Morgan fingerprint density at radius 3 is 2.70 bits per heavy atom. The van der Waals surface area contributed by atoms with Crippen molar-refractivity contribution in [1.29, 1.82) is 0 Å². The van der Waals surface area contributed by atoms with E-state index < -0.39 is 0 Å². The van der Waals surface area contributed by atoms with E-state index >= 15 is 0 Å². The zero-order valence-corrected chi connectivity index (χ0v) is 19.0. The summed E-state index contributed by atoms with van der Waals surface area (Å²) in [6, 6.07) is 8.47. The Hall–Kier alpha value is -0.900.